The molecule has 2 aromatic rings. The van der Waals surface area contributed by atoms with Crippen LogP contribution in [0.5, 0.6) is 11.5 Å². The highest BCUT2D eigenvalue weighted by Crippen LogP contribution is 2.48. The number of piperidine rings is 1. The zero-order valence-corrected chi connectivity index (χ0v) is 23.5. The van der Waals surface area contributed by atoms with Gasteiger partial charge in [-0.05, 0) is 43.5 Å². The Morgan fingerprint density at radius 2 is 1.66 bits per heavy atom. The second kappa shape index (κ2) is 15.6. The molecule has 196 valence electrons. The van der Waals surface area contributed by atoms with E-state index in [-0.39, 0.29) is 11.9 Å². The molecule has 1 unspecified atom stereocenters. The Balaban J connectivity index is 0.00000145. The molecule has 0 aromatic heterocycles. The van der Waals surface area contributed by atoms with Crippen LogP contribution in [0.1, 0.15) is 57.8 Å². The molecule has 0 saturated carbocycles. The second-order valence-electron chi connectivity index (χ2n) is 7.54. The van der Waals surface area contributed by atoms with Gasteiger partial charge in [0, 0.05) is 36.9 Å². The van der Waals surface area contributed by atoms with Crippen molar-refractivity contribution in [2.45, 2.75) is 53.5 Å². The third-order valence-electron chi connectivity index (χ3n) is 5.53. The van der Waals surface area contributed by atoms with Crippen molar-refractivity contribution in [1.82, 2.24) is 9.99 Å². The van der Waals surface area contributed by atoms with E-state index in [9.17, 15) is 9.36 Å². The number of benzene rings is 2. The number of hydrogen-bond donors (Lipinski definition) is 1. The zero-order valence-electron chi connectivity index (χ0n) is 22.6. The second-order valence-corrected chi connectivity index (χ2v) is 9.97. The van der Waals surface area contributed by atoms with Gasteiger partial charge < -0.3 is 19.3 Å². The minimum Gasteiger partial charge on any atom is -0.493 e. The standard InChI is InChI=1S/C23H31N2O5P.2C2H6/c1-5-30-31(4,27)25-14-12-19(13-15-25)24-23(26)18-9-6-8-17(16-18)20-10-7-11-21(28-2)22(20)29-3;2*1-2/h6-11,16,19H,5,12-15H2,1-4H3,(H,24,26);2*1-2H3. The van der Waals surface area contributed by atoms with Crippen molar-refractivity contribution in [2.24, 2.45) is 0 Å². The van der Waals surface area contributed by atoms with Crippen molar-refractivity contribution in [3.8, 4) is 22.6 Å². The average molecular weight is 507 g/mol. The molecule has 1 aliphatic rings. The average Bonchev–Trinajstić information content (AvgIpc) is 2.90. The number of ether oxygens (including phenoxy) is 2. The quantitative estimate of drug-likeness (QED) is 0.413. The first-order chi connectivity index (χ1) is 16.9. The normalized spacial score (nSPS) is 15.4. The van der Waals surface area contributed by atoms with Gasteiger partial charge >= 0.3 is 0 Å². The minimum absolute atomic E-state index is 0.0420. The summed E-state index contributed by atoms with van der Waals surface area (Å²) in [7, 11) is 0.459. The van der Waals surface area contributed by atoms with E-state index in [1.165, 1.54) is 0 Å². The molecule has 3 rings (SSSR count). The van der Waals surface area contributed by atoms with Gasteiger partial charge in [0.15, 0.2) is 11.5 Å². The Morgan fingerprint density at radius 1 is 1.03 bits per heavy atom. The predicted molar refractivity (Wildman–Crippen MR) is 145 cm³/mol. The van der Waals surface area contributed by atoms with Crippen LogP contribution < -0.4 is 14.8 Å². The molecular formula is C27H43N2O5P. The third-order valence-corrected chi connectivity index (χ3v) is 7.69. The van der Waals surface area contributed by atoms with Gasteiger partial charge in [0.1, 0.15) is 0 Å². The number of nitrogens with zero attached hydrogens (tertiary/aromatic N) is 1. The zero-order chi connectivity index (χ0) is 26.4. The molecule has 8 heteroatoms. The molecule has 0 bridgehead atoms. The Morgan fingerprint density at radius 3 is 2.23 bits per heavy atom. The van der Waals surface area contributed by atoms with Gasteiger partial charge in [0.2, 0.25) is 0 Å². The Bertz CT molecular complexity index is 958. The molecule has 0 radical (unpaired) electrons. The molecule has 35 heavy (non-hydrogen) atoms. The molecule has 0 spiro atoms. The summed E-state index contributed by atoms with van der Waals surface area (Å²) in [6.07, 6.45) is 1.47. The van der Waals surface area contributed by atoms with Gasteiger partial charge in [-0.25, -0.2) is 4.67 Å². The van der Waals surface area contributed by atoms with E-state index in [0.29, 0.717) is 36.8 Å². The largest absolute Gasteiger partial charge is 0.493 e. The minimum atomic E-state index is -2.74. The van der Waals surface area contributed by atoms with Crippen molar-refractivity contribution in [2.75, 3.05) is 40.6 Å². The number of para-hydroxylation sites is 1. The molecule has 1 aliphatic heterocycles. The van der Waals surface area contributed by atoms with E-state index in [2.05, 4.69) is 5.32 Å². The highest BCUT2D eigenvalue weighted by Gasteiger charge is 2.31. The van der Waals surface area contributed by atoms with Crippen LogP contribution in [-0.4, -0.2) is 57.2 Å². The maximum atomic E-state index is 12.9. The Labute approximate surface area is 211 Å². The Hall–Kier alpha value is -2.34. The van der Waals surface area contributed by atoms with Crippen molar-refractivity contribution in [3.05, 3.63) is 48.0 Å². The van der Waals surface area contributed by atoms with E-state index in [1.54, 1.807) is 27.0 Å². The summed E-state index contributed by atoms with van der Waals surface area (Å²) >= 11 is 0. The monoisotopic (exact) mass is 506 g/mol. The van der Waals surface area contributed by atoms with Crippen LogP contribution in [0.2, 0.25) is 0 Å². The fraction of sp³-hybridized carbons (Fsp3) is 0.519. The van der Waals surface area contributed by atoms with Crippen LogP contribution in [0, 0.1) is 0 Å². The third kappa shape index (κ3) is 8.38. The van der Waals surface area contributed by atoms with Crippen LogP contribution in [0.4, 0.5) is 0 Å². The molecule has 1 N–H and O–H groups in total. The highest BCUT2D eigenvalue weighted by atomic mass is 31.2. The van der Waals surface area contributed by atoms with Crippen LogP contribution in [-0.2, 0) is 9.09 Å². The Kier molecular flexibility index (Phi) is 13.7. The lowest BCUT2D eigenvalue weighted by Crippen LogP contribution is -2.43. The number of methoxy groups -OCH3 is 2. The molecule has 1 atom stereocenters. The smallest absolute Gasteiger partial charge is 0.269 e. The lowest BCUT2D eigenvalue weighted by molar-refractivity contribution is 0.0922. The molecule has 1 fully saturated rings. The predicted octanol–water partition coefficient (Wildman–Crippen LogP) is 6.48. The molecule has 0 aliphatic carbocycles. The SMILES string of the molecule is CC.CC.CCOP(C)(=O)N1CCC(NC(=O)c2cccc(-c3cccc(OC)c3OC)c2)CC1. The van der Waals surface area contributed by atoms with Gasteiger partial charge in [0.25, 0.3) is 13.4 Å². The topological polar surface area (TPSA) is 77.1 Å². The van der Waals surface area contributed by atoms with E-state index >= 15 is 0 Å². The summed E-state index contributed by atoms with van der Waals surface area (Å²) < 4.78 is 30.8. The summed E-state index contributed by atoms with van der Waals surface area (Å²) in [6.45, 7) is 13.2. The van der Waals surface area contributed by atoms with Gasteiger partial charge in [-0.1, -0.05) is 52.0 Å². The van der Waals surface area contributed by atoms with Crippen molar-refractivity contribution < 1.29 is 23.4 Å². The van der Waals surface area contributed by atoms with Crippen LogP contribution >= 0.6 is 7.52 Å². The summed E-state index contributed by atoms with van der Waals surface area (Å²) in [5, 5.41) is 3.12. The number of carbonyl (C=O) groups excluding carboxylic acids is 1. The van der Waals surface area contributed by atoms with Crippen LogP contribution in [0.3, 0.4) is 0 Å². The fourth-order valence-electron chi connectivity index (χ4n) is 3.91. The maximum Gasteiger partial charge on any atom is 0.269 e. The lowest BCUT2D eigenvalue weighted by atomic mass is 10.0. The molecular weight excluding hydrogens is 463 g/mol. The first-order valence-corrected chi connectivity index (χ1v) is 14.5. The van der Waals surface area contributed by atoms with Crippen LogP contribution in [0.15, 0.2) is 42.5 Å². The van der Waals surface area contributed by atoms with Crippen molar-refractivity contribution >= 4 is 13.4 Å². The van der Waals surface area contributed by atoms with E-state index < -0.39 is 7.52 Å². The van der Waals surface area contributed by atoms with Gasteiger partial charge in [0.05, 0.1) is 20.8 Å². The number of nitrogens with one attached hydrogen (secondary N) is 1. The summed E-state index contributed by atoms with van der Waals surface area (Å²) in [4.78, 5) is 12.9. The number of hydrogen-bond acceptors (Lipinski definition) is 5. The van der Waals surface area contributed by atoms with E-state index in [4.69, 9.17) is 14.0 Å². The van der Waals surface area contributed by atoms with E-state index in [0.717, 1.165) is 24.0 Å². The first-order valence-electron chi connectivity index (χ1n) is 12.5. The molecule has 1 saturated heterocycles. The molecule has 2 aromatic carbocycles. The first kappa shape index (κ1) is 30.7. The fourth-order valence-corrected chi connectivity index (χ4v) is 5.51. The van der Waals surface area contributed by atoms with Crippen LogP contribution in [0.25, 0.3) is 11.1 Å². The maximum absolute atomic E-state index is 12.9. The van der Waals surface area contributed by atoms with Gasteiger partial charge in [-0.15, -0.1) is 0 Å². The number of amides is 1. The molecule has 7 nitrogen and oxygen atoms in total. The van der Waals surface area contributed by atoms with Crippen molar-refractivity contribution in [3.63, 3.8) is 0 Å². The molecule has 1 amide bonds. The summed E-state index contributed by atoms with van der Waals surface area (Å²) in [5.41, 5.74) is 2.32. The van der Waals surface area contributed by atoms with Crippen molar-refractivity contribution in [1.29, 1.82) is 0 Å². The lowest BCUT2D eigenvalue weighted by Gasteiger charge is -2.35. The highest BCUT2D eigenvalue weighted by molar-refractivity contribution is 7.55. The van der Waals surface area contributed by atoms with E-state index in [1.807, 2.05) is 75.7 Å². The van der Waals surface area contributed by atoms with Gasteiger partial charge in [-0.2, -0.15) is 0 Å². The summed E-state index contributed by atoms with van der Waals surface area (Å²) in [6, 6.07) is 13.2. The van der Waals surface area contributed by atoms with Gasteiger partial charge in [-0.3, -0.25) is 9.36 Å². The number of carbonyl (C=O) groups is 1. The molecule has 1 heterocycles. The number of rotatable bonds is 8. The summed E-state index contributed by atoms with van der Waals surface area (Å²) in [5.74, 6) is 1.15.